The number of imidazole rings is 1. The van der Waals surface area contributed by atoms with Crippen LogP contribution >= 0.6 is 0 Å². The molecule has 0 spiro atoms. The Hall–Kier alpha value is -3.81. The minimum absolute atomic E-state index is 0.221. The first-order valence-electron chi connectivity index (χ1n) is 8.14. The van der Waals surface area contributed by atoms with E-state index in [1.54, 1.807) is 42.7 Å². The molecule has 4 aromatic rings. The van der Waals surface area contributed by atoms with E-state index in [0.29, 0.717) is 22.3 Å². The van der Waals surface area contributed by atoms with Crippen molar-refractivity contribution >= 4 is 22.5 Å². The molecular weight excluding hydrogens is 349 g/mol. The van der Waals surface area contributed by atoms with Gasteiger partial charge >= 0.3 is 0 Å². The van der Waals surface area contributed by atoms with Gasteiger partial charge in [0.2, 0.25) is 5.91 Å². The number of anilines is 1. The highest BCUT2D eigenvalue weighted by molar-refractivity contribution is 5.90. The van der Waals surface area contributed by atoms with E-state index in [1.165, 1.54) is 33.9 Å². The summed E-state index contributed by atoms with van der Waals surface area (Å²) in [5.41, 5.74) is 0.873. The molecule has 1 amide bonds. The van der Waals surface area contributed by atoms with Gasteiger partial charge in [0.1, 0.15) is 12.4 Å². The summed E-state index contributed by atoms with van der Waals surface area (Å²) >= 11 is 0. The zero-order valence-electron chi connectivity index (χ0n) is 14.0. The Balaban J connectivity index is 1.52. The summed E-state index contributed by atoms with van der Waals surface area (Å²) in [6.45, 7) is -0.221. The summed E-state index contributed by atoms with van der Waals surface area (Å²) in [4.78, 5) is 32.7. The highest BCUT2D eigenvalue weighted by Crippen LogP contribution is 2.18. The Morgan fingerprint density at radius 1 is 1.15 bits per heavy atom. The van der Waals surface area contributed by atoms with Gasteiger partial charge in [-0.2, -0.15) is 0 Å². The van der Waals surface area contributed by atoms with E-state index in [2.05, 4.69) is 15.3 Å². The van der Waals surface area contributed by atoms with E-state index in [-0.39, 0.29) is 12.1 Å². The molecule has 7 nitrogen and oxygen atoms in total. The maximum Gasteiger partial charge on any atom is 0.261 e. The third-order valence-electron chi connectivity index (χ3n) is 4.06. The van der Waals surface area contributed by atoms with E-state index in [1.807, 2.05) is 0 Å². The fourth-order valence-electron chi connectivity index (χ4n) is 2.77. The normalized spacial score (nSPS) is 10.9. The number of hydrogen-bond acceptors (Lipinski definition) is 4. The van der Waals surface area contributed by atoms with Crippen molar-refractivity contribution in [1.29, 1.82) is 0 Å². The molecule has 2 heterocycles. The highest BCUT2D eigenvalue weighted by Gasteiger charge is 2.10. The molecule has 0 saturated heterocycles. The Morgan fingerprint density at radius 2 is 2.00 bits per heavy atom. The zero-order valence-corrected chi connectivity index (χ0v) is 14.0. The van der Waals surface area contributed by atoms with Crippen molar-refractivity contribution in [3.05, 3.63) is 83.7 Å². The van der Waals surface area contributed by atoms with Crippen LogP contribution in [-0.4, -0.2) is 25.0 Å². The largest absolute Gasteiger partial charge is 0.324 e. The first-order chi connectivity index (χ1) is 13.1. The van der Waals surface area contributed by atoms with Gasteiger partial charge in [-0.3, -0.25) is 14.2 Å². The molecular formula is C19H14FN5O2. The molecule has 8 heteroatoms. The van der Waals surface area contributed by atoms with Crippen LogP contribution in [0.4, 0.5) is 10.1 Å². The lowest BCUT2D eigenvalue weighted by molar-refractivity contribution is -0.116. The van der Waals surface area contributed by atoms with Gasteiger partial charge in [-0.05, 0) is 30.3 Å². The average molecular weight is 363 g/mol. The van der Waals surface area contributed by atoms with Crippen molar-refractivity contribution in [3.8, 4) is 5.69 Å². The minimum Gasteiger partial charge on any atom is -0.324 e. The number of nitrogens with one attached hydrogen (secondary N) is 1. The SMILES string of the molecule is O=C(Cn1cnc2ccccc2c1=O)Nc1ccc(-n2ccnc2)c(F)c1. The molecule has 0 aliphatic carbocycles. The summed E-state index contributed by atoms with van der Waals surface area (Å²) in [6, 6.07) is 11.2. The molecule has 0 radical (unpaired) electrons. The zero-order chi connectivity index (χ0) is 18.8. The fourth-order valence-corrected chi connectivity index (χ4v) is 2.77. The number of halogens is 1. The van der Waals surface area contributed by atoms with Gasteiger partial charge in [-0.1, -0.05) is 12.1 Å². The fraction of sp³-hybridized carbons (Fsp3) is 0.0526. The van der Waals surface area contributed by atoms with E-state index >= 15 is 0 Å². The Morgan fingerprint density at radius 3 is 2.78 bits per heavy atom. The molecule has 0 fully saturated rings. The maximum atomic E-state index is 14.3. The minimum atomic E-state index is -0.504. The van der Waals surface area contributed by atoms with E-state index in [4.69, 9.17) is 0 Å². The van der Waals surface area contributed by atoms with Crippen molar-refractivity contribution in [2.75, 3.05) is 5.32 Å². The lowest BCUT2D eigenvalue weighted by Gasteiger charge is -2.10. The number of carbonyl (C=O) groups is 1. The third-order valence-corrected chi connectivity index (χ3v) is 4.06. The summed E-state index contributed by atoms with van der Waals surface area (Å²) in [5, 5.41) is 3.02. The van der Waals surface area contributed by atoms with Crippen molar-refractivity contribution in [1.82, 2.24) is 19.1 Å². The molecule has 0 bridgehead atoms. The molecule has 2 aromatic heterocycles. The predicted molar refractivity (Wildman–Crippen MR) is 98.2 cm³/mol. The van der Waals surface area contributed by atoms with Crippen LogP contribution in [-0.2, 0) is 11.3 Å². The lowest BCUT2D eigenvalue weighted by Crippen LogP contribution is -2.27. The smallest absolute Gasteiger partial charge is 0.261 e. The van der Waals surface area contributed by atoms with Crippen molar-refractivity contribution < 1.29 is 9.18 Å². The molecule has 27 heavy (non-hydrogen) atoms. The van der Waals surface area contributed by atoms with Crippen LogP contribution < -0.4 is 10.9 Å². The van der Waals surface area contributed by atoms with E-state index in [9.17, 15) is 14.0 Å². The molecule has 0 atom stereocenters. The van der Waals surface area contributed by atoms with Gasteiger partial charge in [0.25, 0.3) is 5.56 Å². The van der Waals surface area contributed by atoms with Gasteiger partial charge in [0.05, 0.1) is 29.2 Å². The number of rotatable bonds is 4. The van der Waals surface area contributed by atoms with Gasteiger partial charge < -0.3 is 9.88 Å². The van der Waals surface area contributed by atoms with E-state index in [0.717, 1.165) is 0 Å². The monoisotopic (exact) mass is 363 g/mol. The topological polar surface area (TPSA) is 81.8 Å². The second-order valence-corrected chi connectivity index (χ2v) is 5.88. The molecule has 2 aromatic carbocycles. The standard InChI is InChI=1S/C19H14FN5O2/c20-15-9-13(5-6-17(15)24-8-7-21-11-24)23-18(26)10-25-12-22-16-4-2-1-3-14(16)19(25)27/h1-9,11-12H,10H2,(H,23,26). The Bertz CT molecular complexity index is 1180. The second-order valence-electron chi connectivity index (χ2n) is 5.88. The summed E-state index contributed by atoms with van der Waals surface area (Å²) in [6.07, 6.45) is 5.98. The number of aromatic nitrogens is 4. The van der Waals surface area contributed by atoms with Crippen LogP contribution in [0.2, 0.25) is 0 Å². The van der Waals surface area contributed by atoms with Gasteiger partial charge in [-0.25, -0.2) is 14.4 Å². The average Bonchev–Trinajstić information content (AvgIpc) is 3.19. The molecule has 1 N–H and O–H groups in total. The van der Waals surface area contributed by atoms with Crippen LogP contribution in [0.1, 0.15) is 0 Å². The second kappa shape index (κ2) is 6.83. The first-order valence-corrected chi connectivity index (χ1v) is 8.14. The van der Waals surface area contributed by atoms with Gasteiger partial charge in [0.15, 0.2) is 0 Å². The van der Waals surface area contributed by atoms with Crippen LogP contribution in [0.25, 0.3) is 16.6 Å². The lowest BCUT2D eigenvalue weighted by atomic mass is 10.2. The van der Waals surface area contributed by atoms with Gasteiger partial charge in [0, 0.05) is 18.1 Å². The summed E-state index contributed by atoms with van der Waals surface area (Å²) in [5.74, 6) is -0.959. The predicted octanol–water partition coefficient (Wildman–Crippen LogP) is 2.36. The Kier molecular flexibility index (Phi) is 4.21. The highest BCUT2D eigenvalue weighted by atomic mass is 19.1. The number of fused-ring (bicyclic) bond motifs is 1. The maximum absolute atomic E-state index is 14.3. The van der Waals surface area contributed by atoms with Crippen molar-refractivity contribution in [2.24, 2.45) is 0 Å². The number of carbonyl (C=O) groups excluding carboxylic acids is 1. The summed E-state index contributed by atoms with van der Waals surface area (Å²) < 4.78 is 17.0. The molecule has 0 aliphatic rings. The van der Waals surface area contributed by atoms with E-state index < -0.39 is 11.7 Å². The van der Waals surface area contributed by atoms with Crippen molar-refractivity contribution in [2.45, 2.75) is 6.54 Å². The number of amides is 1. The summed E-state index contributed by atoms with van der Waals surface area (Å²) in [7, 11) is 0. The van der Waals surface area contributed by atoms with Crippen LogP contribution in [0, 0.1) is 5.82 Å². The Labute approximate surface area is 152 Å². The number of para-hydroxylation sites is 1. The van der Waals surface area contributed by atoms with Gasteiger partial charge in [-0.15, -0.1) is 0 Å². The first kappa shape index (κ1) is 16.6. The van der Waals surface area contributed by atoms with Crippen LogP contribution in [0.15, 0.2) is 72.3 Å². The number of benzene rings is 2. The molecule has 4 rings (SSSR count). The quantitative estimate of drug-likeness (QED) is 0.603. The third kappa shape index (κ3) is 3.32. The van der Waals surface area contributed by atoms with Crippen molar-refractivity contribution in [3.63, 3.8) is 0 Å². The number of nitrogens with zero attached hydrogens (tertiary/aromatic N) is 4. The molecule has 0 aliphatic heterocycles. The molecule has 0 saturated carbocycles. The van der Waals surface area contributed by atoms with Crippen LogP contribution in [0.3, 0.4) is 0 Å². The number of hydrogen-bond donors (Lipinski definition) is 1. The molecule has 0 unspecified atom stereocenters. The van der Waals surface area contributed by atoms with Crippen LogP contribution in [0.5, 0.6) is 0 Å². The molecule has 134 valence electrons.